The van der Waals surface area contributed by atoms with Gasteiger partial charge in [-0.25, -0.2) is 0 Å². The molecule has 1 atom stereocenters. The molecule has 7 nitrogen and oxygen atoms in total. The lowest BCUT2D eigenvalue weighted by atomic mass is 10.2. The smallest absolute Gasteiger partial charge is 0.269 e. The largest absolute Gasteiger partial charge is 0.487 e. The summed E-state index contributed by atoms with van der Waals surface area (Å²) in [5.74, 6) is 0.359. The van der Waals surface area contributed by atoms with Crippen LogP contribution in [0.1, 0.15) is 24.0 Å². The third-order valence-corrected chi connectivity index (χ3v) is 6.75. The maximum absolute atomic E-state index is 12.8. The molecular formula is C22H19ClN2O5S2. The summed E-state index contributed by atoms with van der Waals surface area (Å²) < 4.78 is 11.9. The Morgan fingerprint density at radius 3 is 2.75 bits per heavy atom. The van der Waals surface area contributed by atoms with Crippen LogP contribution in [-0.4, -0.2) is 39.3 Å². The molecule has 0 aromatic heterocycles. The molecular weight excluding hydrogens is 472 g/mol. The first-order valence-electron chi connectivity index (χ1n) is 9.93. The summed E-state index contributed by atoms with van der Waals surface area (Å²) >= 11 is 13.0. The second-order valence-electron chi connectivity index (χ2n) is 7.33. The molecule has 2 aliphatic rings. The fourth-order valence-corrected chi connectivity index (χ4v) is 4.92. The minimum atomic E-state index is -0.448. The molecule has 32 heavy (non-hydrogen) atoms. The monoisotopic (exact) mass is 490 g/mol. The van der Waals surface area contributed by atoms with Crippen LogP contribution in [0, 0.1) is 10.1 Å². The van der Waals surface area contributed by atoms with Gasteiger partial charge in [0.2, 0.25) is 0 Å². The summed E-state index contributed by atoms with van der Waals surface area (Å²) in [4.78, 5) is 25.2. The van der Waals surface area contributed by atoms with Crippen molar-refractivity contribution in [2.75, 3.05) is 13.2 Å². The van der Waals surface area contributed by atoms with Gasteiger partial charge in [0.15, 0.2) is 0 Å². The summed E-state index contributed by atoms with van der Waals surface area (Å²) in [6.07, 6.45) is 3.75. The number of amides is 1. The number of rotatable bonds is 7. The molecule has 2 fully saturated rings. The zero-order valence-corrected chi connectivity index (χ0v) is 19.3. The number of non-ortho nitro benzene ring substituents is 1. The Morgan fingerprint density at radius 2 is 2.09 bits per heavy atom. The van der Waals surface area contributed by atoms with Crippen LogP contribution in [0.15, 0.2) is 47.4 Å². The van der Waals surface area contributed by atoms with E-state index >= 15 is 0 Å². The Balaban J connectivity index is 1.40. The van der Waals surface area contributed by atoms with E-state index in [0.717, 1.165) is 30.6 Å². The average molecular weight is 491 g/mol. The number of nitro groups is 1. The molecule has 2 aromatic carbocycles. The molecule has 10 heteroatoms. The van der Waals surface area contributed by atoms with Gasteiger partial charge in [-0.3, -0.25) is 19.8 Å². The van der Waals surface area contributed by atoms with Gasteiger partial charge in [0.25, 0.3) is 11.6 Å². The molecule has 166 valence electrons. The van der Waals surface area contributed by atoms with Crippen LogP contribution in [0.4, 0.5) is 5.69 Å². The quantitative estimate of drug-likeness (QED) is 0.228. The van der Waals surface area contributed by atoms with Crippen LogP contribution < -0.4 is 4.74 Å². The lowest BCUT2D eigenvalue weighted by molar-refractivity contribution is -0.384. The number of ether oxygens (including phenoxy) is 2. The maximum atomic E-state index is 12.8. The van der Waals surface area contributed by atoms with E-state index < -0.39 is 4.92 Å². The first-order valence-corrected chi connectivity index (χ1v) is 11.5. The van der Waals surface area contributed by atoms with Crippen LogP contribution in [0.5, 0.6) is 5.75 Å². The zero-order valence-electron chi connectivity index (χ0n) is 16.9. The van der Waals surface area contributed by atoms with Crippen molar-refractivity contribution in [3.8, 4) is 5.75 Å². The maximum Gasteiger partial charge on any atom is 0.269 e. The minimum absolute atomic E-state index is 0.0253. The summed E-state index contributed by atoms with van der Waals surface area (Å²) in [5.41, 5.74) is 1.57. The Bertz CT molecular complexity index is 1080. The number of benzene rings is 2. The summed E-state index contributed by atoms with van der Waals surface area (Å²) in [6.45, 7) is 1.43. The highest BCUT2D eigenvalue weighted by molar-refractivity contribution is 8.26. The van der Waals surface area contributed by atoms with Crippen molar-refractivity contribution in [1.29, 1.82) is 0 Å². The molecule has 1 amide bonds. The summed E-state index contributed by atoms with van der Waals surface area (Å²) in [6, 6.07) is 11.4. The van der Waals surface area contributed by atoms with Crippen molar-refractivity contribution in [2.45, 2.75) is 25.6 Å². The standard InChI is InChI=1S/C22H19ClN2O5S2/c23-18-10-15(5-8-19(18)30-13-14-3-6-16(7-4-14)25(27)28)11-20-21(26)24(22(31)32-20)12-17-2-1-9-29-17/h3-8,10-11,17H,1-2,9,12-13H2/b20-11-/t17-/m1/s1. The van der Waals surface area contributed by atoms with Crippen molar-refractivity contribution >= 4 is 57.6 Å². The molecule has 0 saturated carbocycles. The molecule has 2 aromatic rings. The topological polar surface area (TPSA) is 81.9 Å². The highest BCUT2D eigenvalue weighted by atomic mass is 35.5. The highest BCUT2D eigenvalue weighted by Gasteiger charge is 2.34. The Morgan fingerprint density at radius 1 is 1.31 bits per heavy atom. The molecule has 0 unspecified atom stereocenters. The summed E-state index contributed by atoms with van der Waals surface area (Å²) in [7, 11) is 0. The molecule has 0 radical (unpaired) electrons. The average Bonchev–Trinajstić information content (AvgIpc) is 3.38. The van der Waals surface area contributed by atoms with Crippen molar-refractivity contribution in [2.24, 2.45) is 0 Å². The van der Waals surface area contributed by atoms with Gasteiger partial charge in [-0.15, -0.1) is 0 Å². The fraction of sp³-hybridized carbons (Fsp3) is 0.273. The minimum Gasteiger partial charge on any atom is -0.487 e. The Hall–Kier alpha value is -2.46. The van der Waals surface area contributed by atoms with Crippen LogP contribution in [-0.2, 0) is 16.1 Å². The first-order chi connectivity index (χ1) is 15.4. The fourth-order valence-electron chi connectivity index (χ4n) is 3.40. The number of halogens is 1. The van der Waals surface area contributed by atoms with Gasteiger partial charge in [-0.2, -0.15) is 0 Å². The number of thiocarbonyl (C=S) groups is 1. The van der Waals surface area contributed by atoms with Crippen molar-refractivity contribution in [3.05, 3.63) is 73.6 Å². The van der Waals surface area contributed by atoms with E-state index in [1.807, 2.05) is 6.07 Å². The van der Waals surface area contributed by atoms with E-state index in [4.69, 9.17) is 33.3 Å². The summed E-state index contributed by atoms with van der Waals surface area (Å²) in [5, 5.41) is 11.1. The SMILES string of the molecule is O=C1/C(=C/c2ccc(OCc3ccc([N+](=O)[O-])cc3)c(Cl)c2)SC(=S)N1C[C@H]1CCCO1. The lowest BCUT2D eigenvalue weighted by Crippen LogP contribution is -2.35. The van der Waals surface area contributed by atoms with Gasteiger partial charge < -0.3 is 9.47 Å². The van der Waals surface area contributed by atoms with Gasteiger partial charge in [0.1, 0.15) is 16.7 Å². The number of hydrogen-bond donors (Lipinski definition) is 0. The number of nitro benzene ring substituents is 1. The van der Waals surface area contributed by atoms with E-state index in [-0.39, 0.29) is 24.3 Å². The molecule has 4 rings (SSSR count). The number of carbonyl (C=O) groups excluding carboxylic acids is 1. The van der Waals surface area contributed by atoms with Gasteiger partial charge in [-0.1, -0.05) is 41.6 Å². The predicted molar refractivity (Wildman–Crippen MR) is 128 cm³/mol. The van der Waals surface area contributed by atoms with E-state index in [1.54, 1.807) is 35.2 Å². The molecule has 2 aliphatic heterocycles. The van der Waals surface area contributed by atoms with Crippen LogP contribution >= 0.6 is 35.6 Å². The Labute approximate surface area is 199 Å². The zero-order chi connectivity index (χ0) is 22.7. The number of hydrogen-bond acceptors (Lipinski definition) is 7. The van der Waals surface area contributed by atoms with Gasteiger partial charge in [0.05, 0.1) is 27.5 Å². The van der Waals surface area contributed by atoms with E-state index in [1.165, 1.54) is 23.9 Å². The highest BCUT2D eigenvalue weighted by Crippen LogP contribution is 2.35. The third kappa shape index (κ3) is 5.29. The third-order valence-electron chi connectivity index (χ3n) is 5.08. The van der Waals surface area contributed by atoms with Crippen LogP contribution in [0.3, 0.4) is 0 Å². The Kier molecular flexibility index (Phi) is 7.10. The molecule has 0 bridgehead atoms. The van der Waals surface area contributed by atoms with Gasteiger partial charge >= 0.3 is 0 Å². The van der Waals surface area contributed by atoms with Crippen molar-refractivity contribution < 1.29 is 19.2 Å². The van der Waals surface area contributed by atoms with E-state index in [2.05, 4.69) is 0 Å². The molecule has 0 spiro atoms. The van der Waals surface area contributed by atoms with Crippen molar-refractivity contribution in [3.63, 3.8) is 0 Å². The first kappa shape index (κ1) is 22.7. The molecule has 2 heterocycles. The number of nitrogens with zero attached hydrogens (tertiary/aromatic N) is 2. The van der Waals surface area contributed by atoms with Crippen LogP contribution in [0.25, 0.3) is 6.08 Å². The van der Waals surface area contributed by atoms with E-state index in [0.29, 0.717) is 26.5 Å². The van der Waals surface area contributed by atoms with Gasteiger partial charge in [-0.05, 0) is 54.3 Å². The molecule has 0 aliphatic carbocycles. The number of thioether (sulfide) groups is 1. The molecule has 2 saturated heterocycles. The predicted octanol–water partition coefficient (Wildman–Crippen LogP) is 5.21. The van der Waals surface area contributed by atoms with Crippen molar-refractivity contribution in [1.82, 2.24) is 4.90 Å². The second-order valence-corrected chi connectivity index (χ2v) is 9.41. The van der Waals surface area contributed by atoms with E-state index in [9.17, 15) is 14.9 Å². The second kappa shape index (κ2) is 9.99. The van der Waals surface area contributed by atoms with Gasteiger partial charge in [0, 0.05) is 18.7 Å². The lowest BCUT2D eigenvalue weighted by Gasteiger charge is -2.18. The number of carbonyl (C=O) groups is 1. The van der Waals surface area contributed by atoms with Crippen LogP contribution in [0.2, 0.25) is 5.02 Å². The normalized spacial score (nSPS) is 19.7. The molecule has 0 N–H and O–H groups in total.